The predicted octanol–water partition coefficient (Wildman–Crippen LogP) is 1.54. The van der Waals surface area contributed by atoms with Crippen molar-refractivity contribution >= 4 is 21.4 Å². The van der Waals surface area contributed by atoms with Crippen LogP contribution >= 0.6 is 11.3 Å². The molecule has 1 heterocycles. The Morgan fingerprint density at radius 3 is 2.65 bits per heavy atom. The molecule has 116 valence electrons. The maximum atomic E-state index is 12.6. The summed E-state index contributed by atoms with van der Waals surface area (Å²) in [4.78, 5) is 1.00. The Kier molecular flexibility index (Phi) is 7.11. The van der Waals surface area contributed by atoms with Crippen LogP contribution in [-0.2, 0) is 21.2 Å². The largest absolute Gasteiger partial charge is 0.383 e. The van der Waals surface area contributed by atoms with E-state index >= 15 is 0 Å². The van der Waals surface area contributed by atoms with Gasteiger partial charge in [0.25, 0.3) is 10.0 Å². The molecule has 1 aromatic rings. The second kappa shape index (κ2) is 8.09. The topological polar surface area (TPSA) is 72.6 Å². The van der Waals surface area contributed by atoms with Gasteiger partial charge in [-0.05, 0) is 31.0 Å². The Bertz CT molecular complexity index is 497. The zero-order chi connectivity index (χ0) is 15.2. The second-order valence-electron chi connectivity index (χ2n) is 5.01. The van der Waals surface area contributed by atoms with Crippen molar-refractivity contribution in [2.45, 2.75) is 24.5 Å². The van der Waals surface area contributed by atoms with Crippen molar-refractivity contribution < 1.29 is 13.2 Å². The molecule has 0 bridgehead atoms. The van der Waals surface area contributed by atoms with Gasteiger partial charge >= 0.3 is 0 Å². The minimum Gasteiger partial charge on any atom is -0.383 e. The number of sulfonamides is 1. The van der Waals surface area contributed by atoms with Crippen molar-refractivity contribution in [3.05, 3.63) is 17.0 Å². The van der Waals surface area contributed by atoms with E-state index in [1.165, 1.54) is 15.6 Å². The van der Waals surface area contributed by atoms with Gasteiger partial charge < -0.3 is 10.5 Å². The average molecular weight is 320 g/mol. The molecule has 0 aliphatic rings. The van der Waals surface area contributed by atoms with E-state index in [9.17, 15) is 8.42 Å². The molecule has 0 atom stereocenters. The van der Waals surface area contributed by atoms with Crippen molar-refractivity contribution in [2.24, 2.45) is 11.7 Å². The summed E-state index contributed by atoms with van der Waals surface area (Å²) in [6, 6.07) is 3.51. The first-order chi connectivity index (χ1) is 9.41. The number of ether oxygens (including phenoxy) is 1. The summed E-state index contributed by atoms with van der Waals surface area (Å²) in [6.07, 6.45) is 0.711. The highest BCUT2D eigenvalue weighted by molar-refractivity contribution is 7.91. The van der Waals surface area contributed by atoms with Gasteiger partial charge in [0, 0.05) is 25.1 Å². The molecule has 1 aromatic heterocycles. The van der Waals surface area contributed by atoms with Crippen molar-refractivity contribution in [1.82, 2.24) is 4.31 Å². The summed E-state index contributed by atoms with van der Waals surface area (Å²) < 4.78 is 32.2. The van der Waals surface area contributed by atoms with Crippen molar-refractivity contribution in [3.63, 3.8) is 0 Å². The van der Waals surface area contributed by atoms with Crippen LogP contribution in [0.3, 0.4) is 0 Å². The Morgan fingerprint density at radius 1 is 1.40 bits per heavy atom. The first kappa shape index (κ1) is 17.6. The summed E-state index contributed by atoms with van der Waals surface area (Å²) in [5, 5.41) is 0. The molecule has 0 aliphatic carbocycles. The Balaban J connectivity index is 2.94. The van der Waals surface area contributed by atoms with E-state index in [0.717, 1.165) is 4.88 Å². The van der Waals surface area contributed by atoms with E-state index < -0.39 is 10.0 Å². The minimum atomic E-state index is -3.43. The van der Waals surface area contributed by atoms with Crippen LogP contribution < -0.4 is 5.73 Å². The van der Waals surface area contributed by atoms with Crippen molar-refractivity contribution in [1.29, 1.82) is 0 Å². The molecule has 2 N–H and O–H groups in total. The number of methoxy groups -OCH3 is 1. The first-order valence-corrected chi connectivity index (χ1v) is 8.95. The molecule has 5 nitrogen and oxygen atoms in total. The van der Waals surface area contributed by atoms with Crippen LogP contribution in [0, 0.1) is 5.92 Å². The van der Waals surface area contributed by atoms with E-state index in [1.54, 1.807) is 13.2 Å². The lowest BCUT2D eigenvalue weighted by atomic mass is 10.2. The van der Waals surface area contributed by atoms with Crippen LogP contribution in [0.15, 0.2) is 16.3 Å². The number of rotatable bonds is 9. The fourth-order valence-corrected chi connectivity index (χ4v) is 4.92. The van der Waals surface area contributed by atoms with Gasteiger partial charge in [0.2, 0.25) is 0 Å². The van der Waals surface area contributed by atoms with Crippen molar-refractivity contribution in [3.8, 4) is 0 Å². The SMILES string of the molecule is COCCN(CC(C)C)S(=O)(=O)c1ccc(CCN)s1. The lowest BCUT2D eigenvalue weighted by Crippen LogP contribution is -2.36. The number of hydrogen-bond acceptors (Lipinski definition) is 5. The molecule has 0 aromatic carbocycles. The van der Waals surface area contributed by atoms with E-state index in [-0.39, 0.29) is 5.92 Å². The third-order valence-electron chi connectivity index (χ3n) is 2.74. The number of hydrogen-bond donors (Lipinski definition) is 1. The van der Waals surface area contributed by atoms with Crippen LogP contribution in [0.5, 0.6) is 0 Å². The number of nitrogens with two attached hydrogens (primary N) is 1. The number of nitrogens with zero attached hydrogens (tertiary/aromatic N) is 1. The highest BCUT2D eigenvalue weighted by Gasteiger charge is 2.26. The van der Waals surface area contributed by atoms with Crippen LogP contribution in [0.4, 0.5) is 0 Å². The maximum Gasteiger partial charge on any atom is 0.252 e. The van der Waals surface area contributed by atoms with Gasteiger partial charge in [0.15, 0.2) is 0 Å². The lowest BCUT2D eigenvalue weighted by Gasteiger charge is -2.22. The van der Waals surface area contributed by atoms with Crippen LogP contribution in [-0.4, -0.2) is 46.1 Å². The molecular weight excluding hydrogens is 296 g/mol. The van der Waals surface area contributed by atoms with E-state index in [1.807, 2.05) is 19.9 Å². The smallest absolute Gasteiger partial charge is 0.252 e. The van der Waals surface area contributed by atoms with Crippen LogP contribution in [0.1, 0.15) is 18.7 Å². The van der Waals surface area contributed by atoms with Gasteiger partial charge in [-0.25, -0.2) is 8.42 Å². The number of thiophene rings is 1. The fourth-order valence-electron chi connectivity index (χ4n) is 1.81. The predicted molar refractivity (Wildman–Crippen MR) is 82.6 cm³/mol. The van der Waals surface area contributed by atoms with Gasteiger partial charge in [-0.2, -0.15) is 4.31 Å². The molecular formula is C13H24N2O3S2. The summed E-state index contributed by atoms with van der Waals surface area (Å²) in [5.41, 5.74) is 5.50. The zero-order valence-corrected chi connectivity index (χ0v) is 14.0. The summed E-state index contributed by atoms with van der Waals surface area (Å²) in [5.74, 6) is 0.269. The molecule has 0 spiro atoms. The fraction of sp³-hybridized carbons (Fsp3) is 0.692. The normalized spacial score (nSPS) is 12.5. The van der Waals surface area contributed by atoms with Crippen LogP contribution in [0.25, 0.3) is 0 Å². The van der Waals surface area contributed by atoms with Gasteiger partial charge in [0.05, 0.1) is 6.61 Å². The summed E-state index contributed by atoms with van der Waals surface area (Å²) in [6.45, 7) is 5.80. The molecule has 20 heavy (non-hydrogen) atoms. The third kappa shape index (κ3) is 4.82. The third-order valence-corrected chi connectivity index (χ3v) is 6.21. The molecule has 0 aliphatic heterocycles. The summed E-state index contributed by atoms with van der Waals surface area (Å²) in [7, 11) is -1.86. The van der Waals surface area contributed by atoms with Crippen molar-refractivity contribution in [2.75, 3.05) is 33.4 Å². The highest BCUT2D eigenvalue weighted by atomic mass is 32.2. The Hall–Kier alpha value is -0.470. The monoisotopic (exact) mass is 320 g/mol. The van der Waals surface area contributed by atoms with E-state index in [0.29, 0.717) is 36.9 Å². The van der Waals surface area contributed by atoms with Crippen LogP contribution in [0.2, 0.25) is 0 Å². The molecule has 7 heteroatoms. The Labute approximate surface area is 125 Å². The molecule has 0 unspecified atom stereocenters. The standard InChI is InChI=1S/C13H24N2O3S2/c1-11(2)10-15(8-9-18-3)20(16,17)13-5-4-12(19-13)6-7-14/h4-5,11H,6-10,14H2,1-3H3. The summed E-state index contributed by atoms with van der Waals surface area (Å²) >= 11 is 1.30. The van der Waals surface area contributed by atoms with Gasteiger partial charge in [-0.3, -0.25) is 0 Å². The molecule has 0 radical (unpaired) electrons. The zero-order valence-electron chi connectivity index (χ0n) is 12.3. The average Bonchev–Trinajstić information content (AvgIpc) is 2.83. The van der Waals surface area contributed by atoms with E-state index in [2.05, 4.69) is 0 Å². The highest BCUT2D eigenvalue weighted by Crippen LogP contribution is 2.25. The van der Waals surface area contributed by atoms with Gasteiger partial charge in [-0.1, -0.05) is 13.8 Å². The van der Waals surface area contributed by atoms with E-state index in [4.69, 9.17) is 10.5 Å². The Morgan fingerprint density at radius 2 is 2.10 bits per heavy atom. The molecule has 0 saturated carbocycles. The molecule has 0 saturated heterocycles. The minimum absolute atomic E-state index is 0.269. The second-order valence-corrected chi connectivity index (χ2v) is 8.34. The van der Waals surface area contributed by atoms with Gasteiger partial charge in [-0.15, -0.1) is 11.3 Å². The maximum absolute atomic E-state index is 12.6. The first-order valence-electron chi connectivity index (χ1n) is 6.69. The molecule has 0 amide bonds. The quantitative estimate of drug-likeness (QED) is 0.749. The lowest BCUT2D eigenvalue weighted by molar-refractivity contribution is 0.175. The molecule has 0 fully saturated rings. The van der Waals surface area contributed by atoms with Gasteiger partial charge in [0.1, 0.15) is 4.21 Å². The molecule has 1 rings (SSSR count).